The van der Waals surface area contributed by atoms with Gasteiger partial charge in [-0.1, -0.05) is 12.1 Å². The van der Waals surface area contributed by atoms with Crippen molar-refractivity contribution in [2.24, 2.45) is 5.73 Å². The maximum absolute atomic E-state index is 12.1. The molecule has 0 radical (unpaired) electrons. The Bertz CT molecular complexity index is 512. The van der Waals surface area contributed by atoms with Gasteiger partial charge >= 0.3 is 0 Å². The van der Waals surface area contributed by atoms with Crippen molar-refractivity contribution in [3.05, 3.63) is 39.9 Å². The predicted octanol–water partition coefficient (Wildman–Crippen LogP) is 1.43. The fourth-order valence-electron chi connectivity index (χ4n) is 2.27. The monoisotopic (exact) mass is 263 g/mol. The third-order valence-electron chi connectivity index (χ3n) is 3.56. The maximum atomic E-state index is 12.1. The first-order chi connectivity index (χ1) is 8.92. The van der Waals surface area contributed by atoms with E-state index in [2.05, 4.69) is 0 Å². The van der Waals surface area contributed by atoms with Crippen LogP contribution in [0.1, 0.15) is 24.8 Å². The zero-order valence-electron chi connectivity index (χ0n) is 10.8. The van der Waals surface area contributed by atoms with Gasteiger partial charge in [-0.15, -0.1) is 0 Å². The van der Waals surface area contributed by atoms with Crippen LogP contribution in [0, 0.1) is 10.1 Å². The summed E-state index contributed by atoms with van der Waals surface area (Å²) in [5, 5.41) is 10.7. The van der Waals surface area contributed by atoms with Crippen LogP contribution in [0.5, 0.6) is 0 Å². The molecule has 1 fully saturated rings. The molecule has 1 saturated carbocycles. The summed E-state index contributed by atoms with van der Waals surface area (Å²) in [5.41, 5.74) is 6.01. The highest BCUT2D eigenvalue weighted by atomic mass is 16.6. The van der Waals surface area contributed by atoms with E-state index in [-0.39, 0.29) is 11.6 Å². The molecule has 0 spiro atoms. The van der Waals surface area contributed by atoms with Gasteiger partial charge in [0.15, 0.2) is 0 Å². The van der Waals surface area contributed by atoms with Gasteiger partial charge in [0.25, 0.3) is 5.69 Å². The molecule has 0 unspecified atom stereocenters. The Hall–Kier alpha value is -1.95. The third-order valence-corrected chi connectivity index (χ3v) is 3.56. The van der Waals surface area contributed by atoms with Gasteiger partial charge in [0, 0.05) is 25.7 Å². The summed E-state index contributed by atoms with van der Waals surface area (Å²) in [5.74, 6) is -0.0924. The fraction of sp³-hybridized carbons (Fsp3) is 0.462. The number of amides is 1. The average molecular weight is 263 g/mol. The SMILES string of the molecule is CN(Cc1cccc([N+](=O)[O-])c1)C(=O)C1(N)CCC1. The summed E-state index contributed by atoms with van der Waals surface area (Å²) < 4.78 is 0. The second kappa shape index (κ2) is 4.97. The van der Waals surface area contributed by atoms with Crippen LogP contribution in [0.3, 0.4) is 0 Å². The van der Waals surface area contributed by atoms with E-state index in [1.165, 1.54) is 17.0 Å². The van der Waals surface area contributed by atoms with Crippen molar-refractivity contribution < 1.29 is 9.72 Å². The summed E-state index contributed by atoms with van der Waals surface area (Å²) in [7, 11) is 1.67. The van der Waals surface area contributed by atoms with Gasteiger partial charge in [-0.2, -0.15) is 0 Å². The Kier molecular flexibility index (Phi) is 3.53. The molecular weight excluding hydrogens is 246 g/mol. The molecular formula is C13H17N3O3. The molecule has 1 amide bonds. The zero-order valence-corrected chi connectivity index (χ0v) is 10.8. The first kappa shape index (κ1) is 13.5. The van der Waals surface area contributed by atoms with Crippen LogP contribution in [0.4, 0.5) is 5.69 Å². The maximum Gasteiger partial charge on any atom is 0.269 e. The summed E-state index contributed by atoms with van der Waals surface area (Å²) in [6.45, 7) is 0.333. The van der Waals surface area contributed by atoms with Crippen LogP contribution in [-0.4, -0.2) is 28.3 Å². The van der Waals surface area contributed by atoms with Gasteiger partial charge in [-0.05, 0) is 24.8 Å². The average Bonchev–Trinajstić information content (AvgIpc) is 2.35. The molecule has 2 rings (SSSR count). The molecule has 0 saturated heterocycles. The van der Waals surface area contributed by atoms with E-state index in [9.17, 15) is 14.9 Å². The van der Waals surface area contributed by atoms with Gasteiger partial charge in [0.05, 0.1) is 10.5 Å². The van der Waals surface area contributed by atoms with E-state index in [1.807, 2.05) is 0 Å². The molecule has 1 aromatic carbocycles. The highest BCUT2D eigenvalue weighted by molar-refractivity contribution is 5.86. The van der Waals surface area contributed by atoms with Crippen LogP contribution >= 0.6 is 0 Å². The number of nitrogens with two attached hydrogens (primary N) is 1. The summed E-state index contributed by atoms with van der Waals surface area (Å²) in [6, 6.07) is 6.30. The molecule has 102 valence electrons. The zero-order chi connectivity index (χ0) is 14.0. The van der Waals surface area contributed by atoms with Crippen molar-refractivity contribution in [1.29, 1.82) is 0 Å². The van der Waals surface area contributed by atoms with Crippen molar-refractivity contribution in [2.45, 2.75) is 31.3 Å². The van der Waals surface area contributed by atoms with Gasteiger partial charge in [0.1, 0.15) is 0 Å². The number of rotatable bonds is 4. The number of likely N-dealkylation sites (N-methyl/N-ethyl adjacent to an activating group) is 1. The number of benzene rings is 1. The number of carbonyl (C=O) groups is 1. The first-order valence-electron chi connectivity index (χ1n) is 6.20. The molecule has 0 aromatic heterocycles. The number of carbonyl (C=O) groups excluding carboxylic acids is 1. The van der Waals surface area contributed by atoms with E-state index in [4.69, 9.17) is 5.73 Å². The summed E-state index contributed by atoms with van der Waals surface area (Å²) in [4.78, 5) is 23.9. The van der Waals surface area contributed by atoms with Crippen molar-refractivity contribution in [3.8, 4) is 0 Å². The normalized spacial score (nSPS) is 16.5. The Labute approximate surface area is 111 Å². The van der Waals surface area contributed by atoms with Crippen molar-refractivity contribution in [1.82, 2.24) is 4.90 Å². The van der Waals surface area contributed by atoms with Crippen LogP contribution in [-0.2, 0) is 11.3 Å². The quantitative estimate of drug-likeness (QED) is 0.657. The topological polar surface area (TPSA) is 89.5 Å². The number of hydrogen-bond donors (Lipinski definition) is 1. The van der Waals surface area contributed by atoms with E-state index in [0.717, 1.165) is 12.0 Å². The minimum atomic E-state index is -0.727. The van der Waals surface area contributed by atoms with Gasteiger partial charge in [-0.25, -0.2) is 0 Å². The lowest BCUT2D eigenvalue weighted by molar-refractivity contribution is -0.384. The van der Waals surface area contributed by atoms with Gasteiger partial charge in [0.2, 0.25) is 5.91 Å². The lowest BCUT2D eigenvalue weighted by atomic mass is 9.76. The molecule has 2 N–H and O–H groups in total. The first-order valence-corrected chi connectivity index (χ1v) is 6.20. The van der Waals surface area contributed by atoms with E-state index < -0.39 is 10.5 Å². The molecule has 6 nitrogen and oxygen atoms in total. The molecule has 0 heterocycles. The Morgan fingerprint density at radius 1 is 1.53 bits per heavy atom. The van der Waals surface area contributed by atoms with Crippen LogP contribution in [0.15, 0.2) is 24.3 Å². The predicted molar refractivity (Wildman–Crippen MR) is 70.3 cm³/mol. The molecule has 0 aliphatic heterocycles. The lowest BCUT2D eigenvalue weighted by Crippen LogP contribution is -2.58. The highest BCUT2D eigenvalue weighted by Crippen LogP contribution is 2.31. The number of non-ortho nitro benzene ring substituents is 1. The third kappa shape index (κ3) is 2.73. The molecule has 0 bridgehead atoms. The van der Waals surface area contributed by atoms with Crippen molar-refractivity contribution in [3.63, 3.8) is 0 Å². The molecule has 1 aromatic rings. The highest BCUT2D eigenvalue weighted by Gasteiger charge is 2.41. The minimum absolute atomic E-state index is 0.0319. The Morgan fingerprint density at radius 3 is 2.74 bits per heavy atom. The lowest BCUT2D eigenvalue weighted by Gasteiger charge is -2.39. The minimum Gasteiger partial charge on any atom is -0.340 e. The number of nitro groups is 1. The largest absolute Gasteiger partial charge is 0.340 e. The van der Waals surface area contributed by atoms with Gasteiger partial charge < -0.3 is 10.6 Å². The molecule has 1 aliphatic carbocycles. The number of hydrogen-bond acceptors (Lipinski definition) is 4. The van der Waals surface area contributed by atoms with Gasteiger partial charge in [-0.3, -0.25) is 14.9 Å². The van der Waals surface area contributed by atoms with Crippen molar-refractivity contribution in [2.75, 3.05) is 7.05 Å². The summed E-state index contributed by atoms with van der Waals surface area (Å²) in [6.07, 6.45) is 2.41. The molecule has 1 aliphatic rings. The molecule has 19 heavy (non-hydrogen) atoms. The number of nitro benzene ring substituents is 1. The molecule has 0 atom stereocenters. The second-order valence-corrected chi connectivity index (χ2v) is 5.10. The van der Waals surface area contributed by atoms with E-state index >= 15 is 0 Å². The van der Waals surface area contributed by atoms with E-state index in [1.54, 1.807) is 19.2 Å². The number of nitrogens with zero attached hydrogens (tertiary/aromatic N) is 2. The summed E-state index contributed by atoms with van der Waals surface area (Å²) >= 11 is 0. The standard InChI is InChI=1S/C13H17N3O3/c1-15(12(17)13(14)6-3-7-13)9-10-4-2-5-11(8-10)16(18)19/h2,4-5,8H,3,6-7,9,14H2,1H3. The van der Waals surface area contributed by atoms with Crippen LogP contribution in [0.25, 0.3) is 0 Å². The Balaban J connectivity index is 2.06. The van der Waals surface area contributed by atoms with Crippen molar-refractivity contribution >= 4 is 11.6 Å². The van der Waals surface area contributed by atoms with E-state index in [0.29, 0.717) is 19.4 Å². The van der Waals surface area contributed by atoms with Crippen LogP contribution < -0.4 is 5.73 Å². The molecule has 6 heteroatoms. The smallest absolute Gasteiger partial charge is 0.269 e. The Morgan fingerprint density at radius 2 is 2.21 bits per heavy atom. The van der Waals surface area contributed by atoms with Crippen LogP contribution in [0.2, 0.25) is 0 Å². The second-order valence-electron chi connectivity index (χ2n) is 5.10. The fourth-order valence-corrected chi connectivity index (χ4v) is 2.27.